The van der Waals surface area contributed by atoms with E-state index in [4.69, 9.17) is 0 Å². The van der Waals surface area contributed by atoms with Crippen LogP contribution in [0.5, 0.6) is 0 Å². The zero-order valence-corrected chi connectivity index (χ0v) is 9.98. The van der Waals surface area contributed by atoms with Gasteiger partial charge < -0.3 is 15.3 Å². The second-order valence-electron chi connectivity index (χ2n) is 5.05. The summed E-state index contributed by atoms with van der Waals surface area (Å²) in [4.78, 5) is 14.0. The molecule has 2 fully saturated rings. The maximum Gasteiger partial charge on any atom is 0.239 e. The molecule has 2 aliphatic heterocycles. The van der Waals surface area contributed by atoms with Crippen molar-refractivity contribution in [2.45, 2.75) is 44.8 Å². The van der Waals surface area contributed by atoms with E-state index in [2.05, 4.69) is 5.32 Å². The molecule has 0 aromatic rings. The van der Waals surface area contributed by atoms with Crippen LogP contribution in [0, 0.1) is 5.92 Å². The highest BCUT2D eigenvalue weighted by Gasteiger charge is 2.30. The van der Waals surface area contributed by atoms with Gasteiger partial charge in [0, 0.05) is 13.1 Å². The third kappa shape index (κ3) is 2.55. The van der Waals surface area contributed by atoms with Crippen LogP contribution in [0.3, 0.4) is 0 Å². The van der Waals surface area contributed by atoms with Crippen molar-refractivity contribution in [3.05, 3.63) is 0 Å². The van der Waals surface area contributed by atoms with Gasteiger partial charge in [-0.15, -0.1) is 0 Å². The van der Waals surface area contributed by atoms with Crippen LogP contribution in [0.4, 0.5) is 0 Å². The number of aliphatic hydroxyl groups excluding tert-OH is 1. The Hall–Kier alpha value is -0.610. The average molecular weight is 226 g/mol. The molecule has 2 aliphatic rings. The van der Waals surface area contributed by atoms with Crippen molar-refractivity contribution in [1.82, 2.24) is 10.2 Å². The van der Waals surface area contributed by atoms with Crippen LogP contribution in [0.2, 0.25) is 0 Å². The van der Waals surface area contributed by atoms with Gasteiger partial charge in [-0.1, -0.05) is 0 Å². The number of rotatable bonds is 2. The third-order valence-corrected chi connectivity index (χ3v) is 3.89. The Kier molecular flexibility index (Phi) is 3.82. The molecule has 2 N–H and O–H groups in total. The molecular weight excluding hydrogens is 204 g/mol. The van der Waals surface area contributed by atoms with Crippen molar-refractivity contribution in [3.8, 4) is 0 Å². The summed E-state index contributed by atoms with van der Waals surface area (Å²) in [6, 6.07) is 0.0584. The van der Waals surface area contributed by atoms with Gasteiger partial charge in [0.05, 0.1) is 12.1 Å². The molecule has 16 heavy (non-hydrogen) atoms. The molecule has 1 amide bonds. The summed E-state index contributed by atoms with van der Waals surface area (Å²) in [6.45, 7) is 4.44. The van der Waals surface area contributed by atoms with Crippen molar-refractivity contribution in [1.29, 1.82) is 0 Å². The summed E-state index contributed by atoms with van der Waals surface area (Å²) in [5, 5.41) is 12.7. The van der Waals surface area contributed by atoms with E-state index < -0.39 is 0 Å². The van der Waals surface area contributed by atoms with E-state index in [0.717, 1.165) is 45.3 Å². The summed E-state index contributed by atoms with van der Waals surface area (Å²) >= 11 is 0. The lowest BCUT2D eigenvalue weighted by Gasteiger charge is -2.34. The van der Waals surface area contributed by atoms with Gasteiger partial charge in [0.25, 0.3) is 0 Å². The summed E-state index contributed by atoms with van der Waals surface area (Å²) < 4.78 is 0. The molecular formula is C12H22N2O2. The molecule has 0 bridgehead atoms. The topological polar surface area (TPSA) is 52.6 Å². The highest BCUT2D eigenvalue weighted by atomic mass is 16.3. The van der Waals surface area contributed by atoms with Gasteiger partial charge in [-0.05, 0) is 45.1 Å². The number of aliphatic hydroxyl groups is 1. The molecule has 2 saturated heterocycles. The lowest BCUT2D eigenvalue weighted by Crippen LogP contribution is -2.47. The van der Waals surface area contributed by atoms with Crippen LogP contribution in [0.1, 0.15) is 32.6 Å². The van der Waals surface area contributed by atoms with Crippen molar-refractivity contribution in [3.63, 3.8) is 0 Å². The zero-order chi connectivity index (χ0) is 11.5. The number of hydrogen-bond acceptors (Lipinski definition) is 3. The van der Waals surface area contributed by atoms with Crippen LogP contribution < -0.4 is 5.32 Å². The fourth-order valence-corrected chi connectivity index (χ4v) is 2.72. The summed E-state index contributed by atoms with van der Waals surface area (Å²) in [5.41, 5.74) is 0. The average Bonchev–Trinajstić information content (AvgIpc) is 2.81. The number of likely N-dealkylation sites (tertiary alicyclic amines) is 1. The fraction of sp³-hybridized carbons (Fsp3) is 0.917. The summed E-state index contributed by atoms with van der Waals surface area (Å²) in [7, 11) is 0. The van der Waals surface area contributed by atoms with E-state index in [-0.39, 0.29) is 18.1 Å². The van der Waals surface area contributed by atoms with Gasteiger partial charge in [0.15, 0.2) is 0 Å². The van der Waals surface area contributed by atoms with Crippen LogP contribution in [-0.2, 0) is 4.79 Å². The Balaban J connectivity index is 1.81. The van der Waals surface area contributed by atoms with Gasteiger partial charge in [-0.2, -0.15) is 0 Å². The van der Waals surface area contributed by atoms with Gasteiger partial charge in [0.2, 0.25) is 5.91 Å². The van der Waals surface area contributed by atoms with Crippen LogP contribution in [0.15, 0.2) is 0 Å². The number of carbonyl (C=O) groups is 1. The number of nitrogens with zero attached hydrogens (tertiary/aromatic N) is 1. The predicted molar refractivity (Wildman–Crippen MR) is 62.0 cm³/mol. The van der Waals surface area contributed by atoms with Crippen molar-refractivity contribution in [2.75, 3.05) is 19.6 Å². The van der Waals surface area contributed by atoms with E-state index in [9.17, 15) is 9.90 Å². The molecule has 2 atom stereocenters. The first-order chi connectivity index (χ1) is 7.68. The van der Waals surface area contributed by atoms with Crippen LogP contribution in [0.25, 0.3) is 0 Å². The highest BCUT2D eigenvalue weighted by Crippen LogP contribution is 2.21. The Labute approximate surface area is 97.0 Å². The summed E-state index contributed by atoms with van der Waals surface area (Å²) in [6.07, 6.45) is 3.74. The Bertz CT molecular complexity index is 241. The molecule has 0 radical (unpaired) electrons. The minimum Gasteiger partial charge on any atom is -0.393 e. The number of amides is 1. The standard InChI is InChI=1S/C12H22N2O2/c1-9(15)10-4-7-14(8-5-10)12(16)11-3-2-6-13-11/h9-11,13,15H,2-8H2,1H3/t9-,11+/m0/s1. The molecule has 0 aliphatic carbocycles. The Morgan fingerprint density at radius 3 is 2.56 bits per heavy atom. The van der Waals surface area contributed by atoms with Crippen molar-refractivity contribution in [2.24, 2.45) is 5.92 Å². The number of carbonyl (C=O) groups excluding carboxylic acids is 1. The smallest absolute Gasteiger partial charge is 0.239 e. The lowest BCUT2D eigenvalue weighted by atomic mass is 9.92. The third-order valence-electron chi connectivity index (χ3n) is 3.89. The van der Waals surface area contributed by atoms with E-state index in [1.165, 1.54) is 0 Å². The molecule has 2 rings (SSSR count). The molecule has 2 heterocycles. The lowest BCUT2D eigenvalue weighted by molar-refractivity contribution is -0.135. The van der Waals surface area contributed by atoms with Gasteiger partial charge >= 0.3 is 0 Å². The normalized spacial score (nSPS) is 29.4. The predicted octanol–water partition coefficient (Wildman–Crippen LogP) is 0.358. The minimum atomic E-state index is -0.234. The largest absolute Gasteiger partial charge is 0.393 e. The molecule has 4 nitrogen and oxygen atoms in total. The fourth-order valence-electron chi connectivity index (χ4n) is 2.72. The maximum absolute atomic E-state index is 12.1. The minimum absolute atomic E-state index is 0.0584. The van der Waals surface area contributed by atoms with Crippen LogP contribution >= 0.6 is 0 Å². The summed E-state index contributed by atoms with van der Waals surface area (Å²) in [5.74, 6) is 0.641. The van der Waals surface area contributed by atoms with Gasteiger partial charge in [-0.25, -0.2) is 0 Å². The molecule has 0 unspecified atom stereocenters. The molecule has 4 heteroatoms. The van der Waals surface area contributed by atoms with E-state index in [1.807, 2.05) is 11.8 Å². The van der Waals surface area contributed by atoms with Crippen molar-refractivity contribution < 1.29 is 9.90 Å². The molecule has 92 valence electrons. The second kappa shape index (κ2) is 5.15. The first kappa shape index (κ1) is 11.9. The van der Waals surface area contributed by atoms with Gasteiger partial charge in [0.1, 0.15) is 0 Å². The second-order valence-corrected chi connectivity index (χ2v) is 5.05. The number of hydrogen-bond donors (Lipinski definition) is 2. The van der Waals surface area contributed by atoms with Crippen LogP contribution in [-0.4, -0.2) is 47.7 Å². The quantitative estimate of drug-likeness (QED) is 0.715. The first-order valence-corrected chi connectivity index (χ1v) is 6.38. The van der Waals surface area contributed by atoms with E-state index >= 15 is 0 Å². The number of nitrogens with one attached hydrogen (secondary N) is 1. The van der Waals surface area contributed by atoms with Gasteiger partial charge in [-0.3, -0.25) is 4.79 Å². The SMILES string of the molecule is C[C@H](O)C1CCN(C(=O)[C@H]2CCCN2)CC1. The Morgan fingerprint density at radius 1 is 1.38 bits per heavy atom. The van der Waals surface area contributed by atoms with E-state index in [1.54, 1.807) is 0 Å². The van der Waals surface area contributed by atoms with E-state index in [0.29, 0.717) is 5.92 Å². The monoisotopic (exact) mass is 226 g/mol. The molecule has 0 saturated carbocycles. The van der Waals surface area contributed by atoms with Crippen molar-refractivity contribution >= 4 is 5.91 Å². The first-order valence-electron chi connectivity index (χ1n) is 6.38. The maximum atomic E-state index is 12.1. The molecule has 0 aromatic heterocycles. The molecule has 0 spiro atoms. The number of piperidine rings is 1. The highest BCUT2D eigenvalue weighted by molar-refractivity contribution is 5.82. The zero-order valence-electron chi connectivity index (χ0n) is 9.98. The molecule has 0 aromatic carbocycles. The Morgan fingerprint density at radius 2 is 2.06 bits per heavy atom.